The maximum atomic E-state index is 13.5. The average molecular weight is 598 g/mol. The fourth-order valence-electron chi connectivity index (χ4n) is 3.93. The highest BCUT2D eigenvalue weighted by Crippen LogP contribution is 2.26. The van der Waals surface area contributed by atoms with Crippen molar-refractivity contribution < 1.29 is 21.6 Å². The number of carbonyl (C=O) groups is 1. The minimum absolute atomic E-state index is 0.0121. The largest absolute Gasteiger partial charge is 0.325 e. The van der Waals surface area contributed by atoms with Crippen molar-refractivity contribution in [3.63, 3.8) is 0 Å². The number of sulfonamides is 2. The van der Waals surface area contributed by atoms with E-state index in [2.05, 4.69) is 10.0 Å². The van der Waals surface area contributed by atoms with Gasteiger partial charge in [-0.25, -0.2) is 16.8 Å². The standard InChI is InChI=1S/C29H28ClN3O5S2/c1-20-5-4-6-25(17-20)33(40(37,38)27-13-9-23(30)10-14-27)19-29(34)31-24-11-15-26(16-12-24)39(35,36)32-28-18-21(2)7-8-22(28)3/h4-18,32H,19H2,1-3H3,(H,31,34). The third-order valence-corrected chi connectivity index (χ3v) is 9.49. The highest BCUT2D eigenvalue weighted by Gasteiger charge is 2.27. The van der Waals surface area contributed by atoms with E-state index < -0.39 is 32.5 Å². The quantitative estimate of drug-likeness (QED) is 0.249. The van der Waals surface area contributed by atoms with Gasteiger partial charge in [-0.05, 0) is 104 Å². The SMILES string of the molecule is Cc1cccc(N(CC(=O)Nc2ccc(S(=O)(=O)Nc3cc(C)ccc3C)cc2)S(=O)(=O)c2ccc(Cl)cc2)c1. The van der Waals surface area contributed by atoms with Crippen LogP contribution in [-0.2, 0) is 24.8 Å². The van der Waals surface area contributed by atoms with Gasteiger partial charge in [0.2, 0.25) is 5.91 Å². The second kappa shape index (κ2) is 11.7. The van der Waals surface area contributed by atoms with Gasteiger partial charge < -0.3 is 5.32 Å². The summed E-state index contributed by atoms with van der Waals surface area (Å²) in [5.74, 6) is -0.608. The Morgan fingerprint density at radius 2 is 1.40 bits per heavy atom. The summed E-state index contributed by atoms with van der Waals surface area (Å²) in [6.45, 7) is 4.99. The Morgan fingerprint density at radius 1 is 0.775 bits per heavy atom. The molecule has 4 aromatic rings. The molecule has 0 heterocycles. The zero-order valence-electron chi connectivity index (χ0n) is 22.1. The number of amides is 1. The summed E-state index contributed by atoms with van der Waals surface area (Å²) in [6.07, 6.45) is 0. The van der Waals surface area contributed by atoms with Crippen LogP contribution < -0.4 is 14.3 Å². The van der Waals surface area contributed by atoms with E-state index in [0.29, 0.717) is 22.1 Å². The summed E-state index contributed by atoms with van der Waals surface area (Å²) >= 11 is 5.93. The lowest BCUT2D eigenvalue weighted by Crippen LogP contribution is -2.38. The number of benzene rings is 4. The van der Waals surface area contributed by atoms with Crippen LogP contribution in [-0.4, -0.2) is 29.3 Å². The fourth-order valence-corrected chi connectivity index (χ4v) is 6.59. The molecule has 0 aliphatic carbocycles. The van der Waals surface area contributed by atoms with Crippen molar-refractivity contribution >= 4 is 54.6 Å². The normalized spacial score (nSPS) is 11.6. The number of anilines is 3. The summed E-state index contributed by atoms with van der Waals surface area (Å²) in [4.78, 5) is 13.0. The molecule has 1 amide bonds. The lowest BCUT2D eigenvalue weighted by Gasteiger charge is -2.24. The molecule has 0 fully saturated rings. The summed E-state index contributed by atoms with van der Waals surface area (Å²) in [5, 5.41) is 3.04. The Morgan fingerprint density at radius 3 is 2.05 bits per heavy atom. The van der Waals surface area contributed by atoms with Crippen LogP contribution in [0.4, 0.5) is 17.1 Å². The molecule has 8 nitrogen and oxygen atoms in total. The number of hydrogen-bond acceptors (Lipinski definition) is 5. The second-order valence-electron chi connectivity index (χ2n) is 9.30. The first-order chi connectivity index (χ1) is 18.8. The Labute approximate surface area is 239 Å². The summed E-state index contributed by atoms with van der Waals surface area (Å²) in [5.41, 5.74) is 3.63. The van der Waals surface area contributed by atoms with Crippen molar-refractivity contribution in [1.29, 1.82) is 0 Å². The smallest absolute Gasteiger partial charge is 0.264 e. The molecule has 0 aliphatic heterocycles. The van der Waals surface area contributed by atoms with Gasteiger partial charge in [-0.3, -0.25) is 13.8 Å². The van der Waals surface area contributed by atoms with E-state index in [1.54, 1.807) is 24.3 Å². The van der Waals surface area contributed by atoms with Crippen molar-refractivity contribution in [2.24, 2.45) is 0 Å². The Kier molecular flexibility index (Phi) is 8.53. The van der Waals surface area contributed by atoms with E-state index in [0.717, 1.165) is 21.0 Å². The van der Waals surface area contributed by atoms with Gasteiger partial charge >= 0.3 is 0 Å². The van der Waals surface area contributed by atoms with Crippen LogP contribution in [0.15, 0.2) is 101 Å². The minimum Gasteiger partial charge on any atom is -0.325 e. The van der Waals surface area contributed by atoms with Crippen molar-refractivity contribution in [2.45, 2.75) is 30.6 Å². The summed E-state index contributed by atoms with van der Waals surface area (Å²) in [6, 6.07) is 23.6. The molecule has 0 spiro atoms. The summed E-state index contributed by atoms with van der Waals surface area (Å²) in [7, 11) is -7.98. The number of carbonyl (C=O) groups excluding carboxylic acids is 1. The fraction of sp³-hybridized carbons (Fsp3) is 0.138. The predicted octanol–water partition coefficient (Wildman–Crippen LogP) is 5.90. The molecule has 40 heavy (non-hydrogen) atoms. The molecule has 208 valence electrons. The van der Waals surface area contributed by atoms with Crippen molar-refractivity contribution in [1.82, 2.24) is 0 Å². The van der Waals surface area contributed by atoms with Gasteiger partial charge in [0.1, 0.15) is 6.54 Å². The van der Waals surface area contributed by atoms with Crippen molar-refractivity contribution in [3.8, 4) is 0 Å². The highest BCUT2D eigenvalue weighted by molar-refractivity contribution is 7.93. The van der Waals surface area contributed by atoms with Crippen LogP contribution >= 0.6 is 11.6 Å². The zero-order valence-corrected chi connectivity index (χ0v) is 24.4. The molecule has 0 aromatic heterocycles. The first kappa shape index (κ1) is 29.1. The number of halogens is 1. The highest BCUT2D eigenvalue weighted by atomic mass is 35.5. The number of hydrogen-bond donors (Lipinski definition) is 2. The first-order valence-corrected chi connectivity index (χ1v) is 15.5. The lowest BCUT2D eigenvalue weighted by atomic mass is 10.1. The van der Waals surface area contributed by atoms with Gasteiger partial charge in [0.15, 0.2) is 0 Å². The topological polar surface area (TPSA) is 113 Å². The molecule has 0 bridgehead atoms. The van der Waals surface area contributed by atoms with Crippen LogP contribution in [0.5, 0.6) is 0 Å². The second-order valence-corrected chi connectivity index (χ2v) is 13.3. The molecule has 0 aliphatic rings. The van der Waals surface area contributed by atoms with Crippen LogP contribution in [0.3, 0.4) is 0 Å². The van der Waals surface area contributed by atoms with Crippen LogP contribution in [0.25, 0.3) is 0 Å². The molecular formula is C29H28ClN3O5S2. The van der Waals surface area contributed by atoms with Gasteiger partial charge in [0.05, 0.1) is 21.2 Å². The van der Waals surface area contributed by atoms with E-state index in [9.17, 15) is 21.6 Å². The summed E-state index contributed by atoms with van der Waals surface area (Å²) < 4.78 is 56.5. The zero-order chi connectivity index (χ0) is 29.1. The Bertz CT molecular complexity index is 1760. The molecule has 4 aromatic carbocycles. The maximum Gasteiger partial charge on any atom is 0.264 e. The van der Waals surface area contributed by atoms with E-state index in [4.69, 9.17) is 11.6 Å². The van der Waals surface area contributed by atoms with E-state index >= 15 is 0 Å². The third kappa shape index (κ3) is 6.82. The molecule has 4 rings (SSSR count). The third-order valence-electron chi connectivity index (χ3n) is 6.06. The number of nitrogens with zero attached hydrogens (tertiary/aromatic N) is 1. The van der Waals surface area contributed by atoms with Crippen LogP contribution in [0, 0.1) is 20.8 Å². The Hall–Kier alpha value is -3.86. The van der Waals surface area contributed by atoms with Crippen LogP contribution in [0.2, 0.25) is 5.02 Å². The van der Waals surface area contributed by atoms with Gasteiger partial charge in [-0.2, -0.15) is 0 Å². The molecule has 0 saturated heterocycles. The van der Waals surface area contributed by atoms with Gasteiger partial charge in [-0.15, -0.1) is 0 Å². The van der Waals surface area contributed by atoms with E-state index in [-0.39, 0.29) is 9.79 Å². The molecule has 0 saturated carbocycles. The minimum atomic E-state index is -4.11. The van der Waals surface area contributed by atoms with Gasteiger partial charge in [0, 0.05) is 10.7 Å². The predicted molar refractivity (Wildman–Crippen MR) is 159 cm³/mol. The van der Waals surface area contributed by atoms with E-state index in [1.165, 1.54) is 48.5 Å². The molecule has 0 atom stereocenters. The average Bonchev–Trinajstić information content (AvgIpc) is 2.90. The van der Waals surface area contributed by atoms with Crippen molar-refractivity contribution in [3.05, 3.63) is 113 Å². The first-order valence-electron chi connectivity index (χ1n) is 12.2. The molecular weight excluding hydrogens is 570 g/mol. The number of aryl methyl sites for hydroxylation is 3. The van der Waals surface area contributed by atoms with E-state index in [1.807, 2.05) is 39.0 Å². The van der Waals surface area contributed by atoms with Crippen LogP contribution in [0.1, 0.15) is 16.7 Å². The molecule has 0 radical (unpaired) electrons. The number of nitrogens with one attached hydrogen (secondary N) is 2. The maximum absolute atomic E-state index is 13.5. The van der Waals surface area contributed by atoms with Gasteiger partial charge in [-0.1, -0.05) is 35.9 Å². The molecule has 2 N–H and O–H groups in total. The molecule has 0 unspecified atom stereocenters. The molecule has 11 heteroatoms. The monoisotopic (exact) mass is 597 g/mol. The van der Waals surface area contributed by atoms with Gasteiger partial charge in [0.25, 0.3) is 20.0 Å². The number of rotatable bonds is 9. The van der Waals surface area contributed by atoms with Crippen molar-refractivity contribution in [2.75, 3.05) is 20.9 Å². The Balaban J connectivity index is 1.54. The lowest BCUT2D eigenvalue weighted by molar-refractivity contribution is -0.114.